The Balaban J connectivity index is 3.15. The lowest BCUT2D eigenvalue weighted by molar-refractivity contribution is -0.0385. The van der Waals surface area contributed by atoms with E-state index < -0.39 is 11.3 Å². The van der Waals surface area contributed by atoms with E-state index in [-0.39, 0.29) is 0 Å². The van der Waals surface area contributed by atoms with Crippen molar-refractivity contribution >= 4 is 0 Å². The molecule has 0 saturated carbocycles. The summed E-state index contributed by atoms with van der Waals surface area (Å²) < 4.78 is 6.42. The third-order valence-electron chi connectivity index (χ3n) is 4.15. The highest BCUT2D eigenvalue weighted by molar-refractivity contribution is 5.28. The van der Waals surface area contributed by atoms with Crippen LogP contribution in [-0.2, 0) is 0 Å². The molecule has 0 aliphatic heterocycles. The van der Waals surface area contributed by atoms with Crippen LogP contribution in [0.25, 0.3) is 0 Å². The molecule has 3 nitrogen and oxygen atoms in total. The van der Waals surface area contributed by atoms with Gasteiger partial charge in [0.2, 0.25) is 0 Å². The zero-order valence-corrected chi connectivity index (χ0v) is 15.8. The monoisotopic (exact) mass is 331 g/mol. The summed E-state index contributed by atoms with van der Waals surface area (Å²) in [6.45, 7) is 7.98. The second-order valence-corrected chi connectivity index (χ2v) is 6.60. The molecular formula is C21H33NO2. The van der Waals surface area contributed by atoms with Gasteiger partial charge in [0.1, 0.15) is 17.1 Å². The van der Waals surface area contributed by atoms with Crippen LogP contribution >= 0.6 is 0 Å². The Morgan fingerprint density at radius 2 is 1.88 bits per heavy atom. The molecule has 1 aromatic rings. The lowest BCUT2D eigenvalue weighted by atomic mass is 9.87. The number of aryl methyl sites for hydroxylation is 1. The SMILES string of the molecule is C/C=C\CCC(/C=C/CC)(CC(C)(O)NC)Oc1ccc(C)cc1. The summed E-state index contributed by atoms with van der Waals surface area (Å²) >= 11 is 0. The van der Waals surface area contributed by atoms with Crippen LogP contribution in [0.5, 0.6) is 5.75 Å². The Hall–Kier alpha value is -1.58. The normalized spacial score (nSPS) is 17.1. The van der Waals surface area contributed by atoms with E-state index >= 15 is 0 Å². The zero-order chi connectivity index (χ0) is 18.1. The molecule has 1 rings (SSSR count). The van der Waals surface area contributed by atoms with E-state index in [4.69, 9.17) is 4.74 Å². The molecule has 0 aliphatic carbocycles. The fourth-order valence-corrected chi connectivity index (χ4v) is 2.69. The number of allylic oxidation sites excluding steroid dienone is 3. The van der Waals surface area contributed by atoms with E-state index in [1.54, 1.807) is 14.0 Å². The average molecular weight is 332 g/mol. The summed E-state index contributed by atoms with van der Waals surface area (Å²) in [6, 6.07) is 8.08. The topological polar surface area (TPSA) is 41.5 Å². The van der Waals surface area contributed by atoms with E-state index in [1.807, 2.05) is 31.2 Å². The minimum absolute atomic E-state index is 0.471. The minimum atomic E-state index is -1.00. The maximum Gasteiger partial charge on any atom is 0.131 e. The smallest absolute Gasteiger partial charge is 0.131 e. The number of rotatable bonds is 10. The van der Waals surface area contributed by atoms with Gasteiger partial charge in [-0.1, -0.05) is 42.8 Å². The highest BCUT2D eigenvalue weighted by Crippen LogP contribution is 2.32. The second-order valence-electron chi connectivity index (χ2n) is 6.60. The van der Waals surface area contributed by atoms with Crippen molar-refractivity contribution in [3.05, 3.63) is 54.1 Å². The molecule has 0 heterocycles. The van der Waals surface area contributed by atoms with Crippen molar-refractivity contribution in [2.45, 2.75) is 64.7 Å². The van der Waals surface area contributed by atoms with Gasteiger partial charge in [0.15, 0.2) is 0 Å². The first-order valence-electron chi connectivity index (χ1n) is 8.82. The molecule has 1 aromatic carbocycles. The van der Waals surface area contributed by atoms with Gasteiger partial charge in [0, 0.05) is 6.42 Å². The van der Waals surface area contributed by atoms with Crippen molar-refractivity contribution in [2.75, 3.05) is 7.05 Å². The van der Waals surface area contributed by atoms with Crippen molar-refractivity contribution in [3.63, 3.8) is 0 Å². The summed E-state index contributed by atoms with van der Waals surface area (Å²) in [6.07, 6.45) is 11.5. The fraction of sp³-hybridized carbons (Fsp3) is 0.524. The molecule has 0 aliphatic rings. The zero-order valence-electron chi connectivity index (χ0n) is 15.8. The minimum Gasteiger partial charge on any atom is -0.483 e. The Morgan fingerprint density at radius 3 is 2.42 bits per heavy atom. The molecule has 0 saturated heterocycles. The highest BCUT2D eigenvalue weighted by atomic mass is 16.5. The maximum atomic E-state index is 10.6. The number of nitrogens with one attached hydrogen (secondary N) is 1. The van der Waals surface area contributed by atoms with Gasteiger partial charge in [-0.05, 0) is 65.3 Å². The van der Waals surface area contributed by atoms with Gasteiger partial charge < -0.3 is 9.84 Å². The second kappa shape index (κ2) is 9.65. The Kier molecular flexibility index (Phi) is 8.23. The summed E-state index contributed by atoms with van der Waals surface area (Å²) in [4.78, 5) is 0. The van der Waals surface area contributed by atoms with Crippen LogP contribution in [0.1, 0.15) is 52.0 Å². The molecule has 0 spiro atoms. The Bertz CT molecular complexity index is 531. The van der Waals surface area contributed by atoms with Crippen LogP contribution in [0.4, 0.5) is 0 Å². The molecule has 0 bridgehead atoms. The van der Waals surface area contributed by atoms with Crippen molar-refractivity contribution in [1.29, 1.82) is 0 Å². The van der Waals surface area contributed by atoms with Gasteiger partial charge in [0.05, 0.1) is 0 Å². The van der Waals surface area contributed by atoms with Crippen LogP contribution < -0.4 is 10.1 Å². The summed E-state index contributed by atoms with van der Waals surface area (Å²) in [5.41, 5.74) is -0.358. The molecule has 0 radical (unpaired) electrons. The molecule has 3 heteroatoms. The maximum absolute atomic E-state index is 10.6. The summed E-state index contributed by atoms with van der Waals surface area (Å²) in [7, 11) is 1.77. The number of hydrogen-bond donors (Lipinski definition) is 2. The first-order chi connectivity index (χ1) is 11.4. The molecule has 0 amide bonds. The van der Waals surface area contributed by atoms with E-state index in [2.05, 4.69) is 43.5 Å². The van der Waals surface area contributed by atoms with E-state index in [9.17, 15) is 5.11 Å². The number of aliphatic hydroxyl groups is 1. The van der Waals surface area contributed by atoms with Crippen LogP contribution in [0, 0.1) is 6.92 Å². The summed E-state index contributed by atoms with van der Waals surface area (Å²) in [5.74, 6) is 0.828. The largest absolute Gasteiger partial charge is 0.483 e. The lowest BCUT2D eigenvalue weighted by Crippen LogP contribution is -2.49. The van der Waals surface area contributed by atoms with Crippen LogP contribution in [0.3, 0.4) is 0 Å². The van der Waals surface area contributed by atoms with Gasteiger partial charge in [-0.2, -0.15) is 0 Å². The number of hydrogen-bond acceptors (Lipinski definition) is 3. The highest BCUT2D eigenvalue weighted by Gasteiger charge is 2.36. The van der Waals surface area contributed by atoms with Crippen molar-refractivity contribution in [3.8, 4) is 5.75 Å². The van der Waals surface area contributed by atoms with Crippen molar-refractivity contribution in [2.24, 2.45) is 0 Å². The molecule has 24 heavy (non-hydrogen) atoms. The molecular weight excluding hydrogens is 298 g/mol. The van der Waals surface area contributed by atoms with E-state index in [0.717, 1.165) is 25.0 Å². The molecule has 2 atom stereocenters. The summed E-state index contributed by atoms with van der Waals surface area (Å²) in [5, 5.41) is 13.6. The third kappa shape index (κ3) is 6.90. The van der Waals surface area contributed by atoms with Gasteiger partial charge in [-0.3, -0.25) is 5.32 Å². The molecule has 2 unspecified atom stereocenters. The average Bonchev–Trinajstić information content (AvgIpc) is 2.55. The molecule has 0 fully saturated rings. The van der Waals surface area contributed by atoms with Gasteiger partial charge in [-0.25, -0.2) is 0 Å². The molecule has 134 valence electrons. The predicted molar refractivity (Wildman–Crippen MR) is 102 cm³/mol. The Labute approximate surface area is 147 Å². The molecule has 2 N–H and O–H groups in total. The first kappa shape index (κ1) is 20.5. The van der Waals surface area contributed by atoms with E-state index in [1.165, 1.54) is 5.56 Å². The quantitative estimate of drug-likeness (QED) is 0.480. The lowest BCUT2D eigenvalue weighted by Gasteiger charge is -2.37. The number of ether oxygens (including phenoxy) is 1. The van der Waals surface area contributed by atoms with Crippen LogP contribution in [0.15, 0.2) is 48.6 Å². The predicted octanol–water partition coefficient (Wildman–Crippen LogP) is 4.75. The van der Waals surface area contributed by atoms with Crippen LogP contribution in [0.2, 0.25) is 0 Å². The first-order valence-corrected chi connectivity index (χ1v) is 8.82. The Morgan fingerprint density at radius 1 is 1.21 bits per heavy atom. The fourth-order valence-electron chi connectivity index (χ4n) is 2.69. The number of benzene rings is 1. The third-order valence-corrected chi connectivity index (χ3v) is 4.15. The van der Waals surface area contributed by atoms with E-state index in [0.29, 0.717) is 6.42 Å². The van der Waals surface area contributed by atoms with Crippen molar-refractivity contribution in [1.82, 2.24) is 5.32 Å². The van der Waals surface area contributed by atoms with Crippen molar-refractivity contribution < 1.29 is 9.84 Å². The molecule has 0 aromatic heterocycles. The van der Waals surface area contributed by atoms with Gasteiger partial charge in [-0.15, -0.1) is 0 Å². The standard InChI is InChI=1S/C21H33NO2/c1-6-8-10-16-21(15-9-7-2,17-20(4,23)22-5)24-19-13-11-18(3)12-14-19/h6,8-9,11-15,22-23H,7,10,16-17H2,1-5H3/b8-6-,15-9+. The van der Waals surface area contributed by atoms with Gasteiger partial charge in [0.25, 0.3) is 0 Å². The van der Waals surface area contributed by atoms with Gasteiger partial charge >= 0.3 is 0 Å². The van der Waals surface area contributed by atoms with Crippen LogP contribution in [-0.4, -0.2) is 23.5 Å².